The van der Waals surface area contributed by atoms with E-state index in [9.17, 15) is 18.4 Å². The van der Waals surface area contributed by atoms with Crippen LogP contribution in [0.2, 0.25) is 0 Å². The van der Waals surface area contributed by atoms with Crippen molar-refractivity contribution in [1.82, 2.24) is 4.90 Å². The molecule has 1 amide bonds. The average Bonchev–Trinajstić information content (AvgIpc) is 3.21. The second-order valence-corrected chi connectivity index (χ2v) is 4.81. The van der Waals surface area contributed by atoms with E-state index >= 15 is 0 Å². The quantitative estimate of drug-likeness (QED) is 0.835. The Labute approximate surface area is 120 Å². The third kappa shape index (κ3) is 4.40. The van der Waals surface area contributed by atoms with Gasteiger partial charge in [-0.1, -0.05) is 18.2 Å². The fourth-order valence-corrected chi connectivity index (χ4v) is 2.08. The lowest BCUT2D eigenvalue weighted by molar-refractivity contribution is -0.144. The van der Waals surface area contributed by atoms with Crippen molar-refractivity contribution in [3.8, 4) is 5.75 Å². The number of carboxylic acid groups (broad SMARTS) is 1. The Balaban J connectivity index is 2.09. The summed E-state index contributed by atoms with van der Waals surface area (Å²) in [4.78, 5) is 24.3. The number of alkyl halides is 2. The fraction of sp³-hybridized carbons (Fsp3) is 0.429. The van der Waals surface area contributed by atoms with E-state index in [0.717, 1.165) is 12.8 Å². The maximum Gasteiger partial charge on any atom is 0.387 e. The van der Waals surface area contributed by atoms with Gasteiger partial charge in [-0.15, -0.1) is 0 Å². The van der Waals surface area contributed by atoms with Crippen LogP contribution in [0.25, 0.3) is 0 Å². The van der Waals surface area contributed by atoms with Crippen molar-refractivity contribution in [2.45, 2.75) is 31.9 Å². The Kier molecular flexibility index (Phi) is 4.72. The molecule has 1 saturated carbocycles. The molecule has 0 saturated heterocycles. The first-order valence-corrected chi connectivity index (χ1v) is 6.51. The van der Waals surface area contributed by atoms with Gasteiger partial charge in [0.05, 0.1) is 6.42 Å². The molecule has 0 radical (unpaired) electrons. The summed E-state index contributed by atoms with van der Waals surface area (Å²) in [5, 5.41) is 8.83. The Bertz CT molecular complexity index is 531. The highest BCUT2D eigenvalue weighted by molar-refractivity contribution is 5.84. The maximum atomic E-state index is 12.3. The lowest BCUT2D eigenvalue weighted by Crippen LogP contribution is -2.38. The van der Waals surface area contributed by atoms with Gasteiger partial charge in [0, 0.05) is 11.6 Å². The molecule has 0 heterocycles. The van der Waals surface area contributed by atoms with E-state index in [1.807, 2.05) is 0 Å². The number of halogens is 2. The van der Waals surface area contributed by atoms with E-state index in [1.54, 1.807) is 6.07 Å². The molecule has 114 valence electrons. The molecule has 21 heavy (non-hydrogen) atoms. The lowest BCUT2D eigenvalue weighted by Gasteiger charge is -2.21. The highest BCUT2D eigenvalue weighted by Gasteiger charge is 2.34. The molecule has 1 aromatic carbocycles. The van der Waals surface area contributed by atoms with E-state index in [2.05, 4.69) is 4.74 Å². The number of hydrogen-bond donors (Lipinski definition) is 1. The first-order chi connectivity index (χ1) is 9.97. The summed E-state index contributed by atoms with van der Waals surface area (Å²) < 4.78 is 29.0. The van der Waals surface area contributed by atoms with Crippen molar-refractivity contribution in [2.24, 2.45) is 0 Å². The zero-order chi connectivity index (χ0) is 15.4. The zero-order valence-corrected chi connectivity index (χ0v) is 11.2. The van der Waals surface area contributed by atoms with Crippen molar-refractivity contribution < 1.29 is 28.2 Å². The van der Waals surface area contributed by atoms with Crippen molar-refractivity contribution in [2.75, 3.05) is 6.54 Å². The standard InChI is InChI=1S/C14H15F2NO4/c15-14(16)21-11-4-2-1-3-9(11)7-12(18)17(8-13(19)20)10-5-6-10/h1-4,10,14H,5-8H2,(H,19,20). The van der Waals surface area contributed by atoms with E-state index in [1.165, 1.54) is 23.1 Å². The molecule has 2 rings (SSSR count). The summed E-state index contributed by atoms with van der Waals surface area (Å²) in [6.07, 6.45) is 1.38. The predicted octanol–water partition coefficient (Wildman–Crippen LogP) is 1.91. The first kappa shape index (κ1) is 15.2. The van der Waals surface area contributed by atoms with Crippen LogP contribution in [-0.2, 0) is 16.0 Å². The molecule has 1 aliphatic rings. The van der Waals surface area contributed by atoms with Gasteiger partial charge >= 0.3 is 12.6 Å². The zero-order valence-electron chi connectivity index (χ0n) is 11.2. The second-order valence-electron chi connectivity index (χ2n) is 4.81. The lowest BCUT2D eigenvalue weighted by atomic mass is 10.1. The van der Waals surface area contributed by atoms with Crippen LogP contribution in [0, 0.1) is 0 Å². The number of carbonyl (C=O) groups excluding carboxylic acids is 1. The van der Waals surface area contributed by atoms with Crippen LogP contribution in [0.1, 0.15) is 18.4 Å². The third-order valence-corrected chi connectivity index (χ3v) is 3.14. The number of hydrogen-bond acceptors (Lipinski definition) is 3. The largest absolute Gasteiger partial charge is 0.480 e. The minimum atomic E-state index is -2.97. The fourth-order valence-electron chi connectivity index (χ4n) is 2.08. The molecule has 0 atom stereocenters. The first-order valence-electron chi connectivity index (χ1n) is 6.51. The van der Waals surface area contributed by atoms with Crippen molar-refractivity contribution in [3.05, 3.63) is 29.8 Å². The van der Waals surface area contributed by atoms with Crippen LogP contribution >= 0.6 is 0 Å². The molecule has 0 unspecified atom stereocenters. The minimum Gasteiger partial charge on any atom is -0.480 e. The molecule has 1 aromatic rings. The monoisotopic (exact) mass is 299 g/mol. The third-order valence-electron chi connectivity index (χ3n) is 3.14. The molecule has 0 bridgehead atoms. The van der Waals surface area contributed by atoms with Gasteiger partial charge in [0.15, 0.2) is 0 Å². The van der Waals surface area contributed by atoms with Gasteiger partial charge in [-0.25, -0.2) is 0 Å². The summed E-state index contributed by atoms with van der Waals surface area (Å²) in [7, 11) is 0. The second kappa shape index (κ2) is 6.51. The predicted molar refractivity (Wildman–Crippen MR) is 69.1 cm³/mol. The number of rotatable bonds is 7. The average molecular weight is 299 g/mol. The number of aliphatic carboxylic acids is 1. The van der Waals surface area contributed by atoms with E-state index in [-0.39, 0.29) is 24.8 Å². The van der Waals surface area contributed by atoms with Gasteiger partial charge in [-0.2, -0.15) is 8.78 Å². The van der Waals surface area contributed by atoms with Crippen molar-refractivity contribution in [3.63, 3.8) is 0 Å². The topological polar surface area (TPSA) is 66.8 Å². The molecule has 0 aliphatic heterocycles. The molecule has 7 heteroatoms. The SMILES string of the molecule is O=C(O)CN(C(=O)Cc1ccccc1OC(F)F)C1CC1. The Morgan fingerprint density at radius 2 is 2.00 bits per heavy atom. The summed E-state index contributed by atoms with van der Waals surface area (Å²) in [5.41, 5.74) is 0.318. The minimum absolute atomic E-state index is 0.0585. The molecule has 1 fully saturated rings. The van der Waals surface area contributed by atoms with Crippen molar-refractivity contribution >= 4 is 11.9 Å². The van der Waals surface area contributed by atoms with E-state index in [4.69, 9.17) is 5.11 Å². The Hall–Kier alpha value is -2.18. The molecule has 1 N–H and O–H groups in total. The highest BCUT2D eigenvalue weighted by Crippen LogP contribution is 2.28. The number of benzene rings is 1. The van der Waals surface area contributed by atoms with Gasteiger partial charge in [0.1, 0.15) is 12.3 Å². The number of carbonyl (C=O) groups is 2. The van der Waals surface area contributed by atoms with Crippen LogP contribution in [-0.4, -0.2) is 41.1 Å². The Morgan fingerprint density at radius 1 is 1.33 bits per heavy atom. The summed E-state index contributed by atoms with van der Waals surface area (Å²) in [6, 6.07) is 5.95. The van der Waals surface area contributed by atoms with Gasteiger partial charge in [-0.05, 0) is 18.9 Å². The van der Waals surface area contributed by atoms with Crippen LogP contribution < -0.4 is 4.74 Å². The summed E-state index contributed by atoms with van der Waals surface area (Å²) >= 11 is 0. The number of carboxylic acids is 1. The summed E-state index contributed by atoms with van der Waals surface area (Å²) in [5.74, 6) is -1.55. The van der Waals surface area contributed by atoms with Gasteiger partial charge in [0.2, 0.25) is 5.91 Å². The van der Waals surface area contributed by atoms with E-state index < -0.39 is 18.5 Å². The number of ether oxygens (including phenoxy) is 1. The molecule has 0 aromatic heterocycles. The summed E-state index contributed by atoms with van der Waals surface area (Å²) in [6.45, 7) is -3.35. The normalized spacial score (nSPS) is 14.0. The molecular weight excluding hydrogens is 284 g/mol. The number of amides is 1. The smallest absolute Gasteiger partial charge is 0.387 e. The number of para-hydroxylation sites is 1. The van der Waals surface area contributed by atoms with Crippen LogP contribution in [0.4, 0.5) is 8.78 Å². The molecule has 5 nitrogen and oxygen atoms in total. The van der Waals surface area contributed by atoms with Crippen LogP contribution in [0.5, 0.6) is 5.75 Å². The molecular formula is C14H15F2NO4. The van der Waals surface area contributed by atoms with Crippen LogP contribution in [0.15, 0.2) is 24.3 Å². The highest BCUT2D eigenvalue weighted by atomic mass is 19.3. The number of nitrogens with zero attached hydrogens (tertiary/aromatic N) is 1. The van der Waals surface area contributed by atoms with Crippen molar-refractivity contribution in [1.29, 1.82) is 0 Å². The van der Waals surface area contributed by atoms with Crippen LogP contribution in [0.3, 0.4) is 0 Å². The van der Waals surface area contributed by atoms with E-state index in [0.29, 0.717) is 5.56 Å². The van der Waals surface area contributed by atoms with Gasteiger partial charge < -0.3 is 14.7 Å². The Morgan fingerprint density at radius 3 is 2.57 bits per heavy atom. The molecule has 0 spiro atoms. The molecule has 1 aliphatic carbocycles. The maximum absolute atomic E-state index is 12.3. The van der Waals surface area contributed by atoms with Gasteiger partial charge in [0.25, 0.3) is 0 Å². The van der Waals surface area contributed by atoms with Gasteiger partial charge in [-0.3, -0.25) is 9.59 Å².